The van der Waals surface area contributed by atoms with Gasteiger partial charge in [-0.15, -0.1) is 0 Å². The van der Waals surface area contributed by atoms with E-state index in [0.29, 0.717) is 13.0 Å². The molecule has 130 valence electrons. The molecule has 0 aromatic heterocycles. The molecule has 1 saturated carbocycles. The van der Waals surface area contributed by atoms with Crippen molar-refractivity contribution in [2.24, 2.45) is 5.92 Å². The van der Waals surface area contributed by atoms with E-state index in [2.05, 4.69) is 24.3 Å². The summed E-state index contributed by atoms with van der Waals surface area (Å²) in [7, 11) is 0. The molecule has 0 radical (unpaired) electrons. The van der Waals surface area contributed by atoms with Crippen LogP contribution in [-0.2, 0) is 14.3 Å². The van der Waals surface area contributed by atoms with Crippen molar-refractivity contribution in [3.8, 4) is 0 Å². The molecule has 0 heterocycles. The van der Waals surface area contributed by atoms with Gasteiger partial charge in [-0.25, -0.2) is 0 Å². The van der Waals surface area contributed by atoms with Gasteiger partial charge >= 0.3 is 5.97 Å². The first kappa shape index (κ1) is 17.4. The molecule has 3 atom stereocenters. The maximum atomic E-state index is 12.7. The zero-order valence-electron chi connectivity index (χ0n) is 15.0. The van der Waals surface area contributed by atoms with Crippen molar-refractivity contribution in [2.75, 3.05) is 6.61 Å². The van der Waals surface area contributed by atoms with Gasteiger partial charge in [0, 0.05) is 12.3 Å². The lowest BCUT2D eigenvalue weighted by atomic mass is 9.79. The van der Waals surface area contributed by atoms with Crippen molar-refractivity contribution in [3.63, 3.8) is 0 Å². The molecule has 3 rings (SSSR count). The van der Waals surface area contributed by atoms with Crippen LogP contribution in [0.1, 0.15) is 47.4 Å². The number of hydrogen-bond donors (Lipinski definition) is 0. The van der Waals surface area contributed by atoms with Crippen LogP contribution in [0.4, 0.5) is 0 Å². The van der Waals surface area contributed by atoms with E-state index >= 15 is 0 Å². The largest absolute Gasteiger partial charge is 0.465 e. The molecule has 2 aromatic rings. The summed E-state index contributed by atoms with van der Waals surface area (Å²) in [5.41, 5.74) is 4.48. The third kappa shape index (κ3) is 3.51. The number of benzene rings is 2. The van der Waals surface area contributed by atoms with E-state index < -0.39 is 11.9 Å². The number of esters is 1. The molecule has 0 spiro atoms. The number of Topliss-reactive ketones (excluding diaryl/α,β-unsaturated/α-hetero) is 1. The molecule has 1 aliphatic rings. The van der Waals surface area contributed by atoms with E-state index in [1.165, 1.54) is 5.56 Å². The molecule has 1 aliphatic carbocycles. The van der Waals surface area contributed by atoms with E-state index in [9.17, 15) is 9.59 Å². The standard InChI is InChI=1S/C22H24O3/c1-4-25-22(24)21-19(23)13-18(16-9-5-14(2)6-10-16)20(21)17-11-7-15(3)8-12-17/h5-12,18,20-21H,4,13H2,1-3H3. The summed E-state index contributed by atoms with van der Waals surface area (Å²) in [5, 5.41) is 0. The lowest BCUT2D eigenvalue weighted by molar-refractivity contribution is -0.151. The molecule has 25 heavy (non-hydrogen) atoms. The van der Waals surface area contributed by atoms with Crippen LogP contribution in [0, 0.1) is 19.8 Å². The van der Waals surface area contributed by atoms with Gasteiger partial charge in [0.1, 0.15) is 11.7 Å². The van der Waals surface area contributed by atoms with Gasteiger partial charge in [0.05, 0.1) is 6.61 Å². The van der Waals surface area contributed by atoms with Crippen molar-refractivity contribution < 1.29 is 14.3 Å². The van der Waals surface area contributed by atoms with Gasteiger partial charge in [0.15, 0.2) is 0 Å². The van der Waals surface area contributed by atoms with Crippen molar-refractivity contribution in [1.82, 2.24) is 0 Å². The second-order valence-corrected chi connectivity index (χ2v) is 6.85. The van der Waals surface area contributed by atoms with E-state index in [1.807, 2.05) is 38.1 Å². The minimum Gasteiger partial charge on any atom is -0.465 e. The zero-order chi connectivity index (χ0) is 18.0. The number of aryl methyl sites for hydroxylation is 2. The first-order chi connectivity index (χ1) is 12.0. The Morgan fingerprint density at radius 3 is 2.00 bits per heavy atom. The second kappa shape index (κ2) is 7.22. The zero-order valence-corrected chi connectivity index (χ0v) is 15.0. The van der Waals surface area contributed by atoms with Gasteiger partial charge in [-0.05, 0) is 37.8 Å². The molecular formula is C22H24O3. The maximum absolute atomic E-state index is 12.7. The second-order valence-electron chi connectivity index (χ2n) is 6.85. The molecule has 3 heteroatoms. The highest BCUT2D eigenvalue weighted by molar-refractivity contribution is 6.02. The van der Waals surface area contributed by atoms with Crippen molar-refractivity contribution in [1.29, 1.82) is 0 Å². The van der Waals surface area contributed by atoms with Gasteiger partial charge in [-0.2, -0.15) is 0 Å². The average Bonchev–Trinajstić information content (AvgIpc) is 2.94. The SMILES string of the molecule is CCOC(=O)C1C(=O)CC(c2ccc(C)cc2)C1c1ccc(C)cc1. The summed E-state index contributed by atoms with van der Waals surface area (Å²) in [6.45, 7) is 6.14. The van der Waals surface area contributed by atoms with Crippen molar-refractivity contribution >= 4 is 11.8 Å². The highest BCUT2D eigenvalue weighted by Crippen LogP contribution is 2.48. The number of carbonyl (C=O) groups excluding carboxylic acids is 2. The van der Waals surface area contributed by atoms with Crippen LogP contribution in [0.3, 0.4) is 0 Å². The smallest absolute Gasteiger partial charge is 0.317 e. The van der Waals surface area contributed by atoms with E-state index in [1.54, 1.807) is 6.92 Å². The van der Waals surface area contributed by atoms with E-state index in [0.717, 1.165) is 16.7 Å². The molecule has 3 unspecified atom stereocenters. The molecule has 0 saturated heterocycles. The summed E-state index contributed by atoms with van der Waals surface area (Å²) in [6.07, 6.45) is 0.380. The molecule has 0 N–H and O–H groups in total. The van der Waals surface area contributed by atoms with Gasteiger partial charge < -0.3 is 4.74 Å². The number of rotatable bonds is 4. The Balaban J connectivity index is 2.04. The fourth-order valence-corrected chi connectivity index (χ4v) is 3.77. The number of ether oxygens (including phenoxy) is 1. The Kier molecular flexibility index (Phi) is 5.03. The predicted octanol–water partition coefficient (Wildman–Crippen LogP) is 4.32. The quantitative estimate of drug-likeness (QED) is 0.617. The fourth-order valence-electron chi connectivity index (χ4n) is 3.77. The highest BCUT2D eigenvalue weighted by Gasteiger charge is 2.48. The number of hydrogen-bond acceptors (Lipinski definition) is 3. The third-order valence-electron chi connectivity index (χ3n) is 5.07. The van der Waals surface area contributed by atoms with Gasteiger partial charge in [-0.1, -0.05) is 59.7 Å². The Morgan fingerprint density at radius 2 is 1.48 bits per heavy atom. The van der Waals surface area contributed by atoms with Crippen LogP contribution in [0.15, 0.2) is 48.5 Å². The van der Waals surface area contributed by atoms with Crippen LogP contribution in [0.2, 0.25) is 0 Å². The summed E-state index contributed by atoms with van der Waals surface area (Å²) >= 11 is 0. The van der Waals surface area contributed by atoms with Crippen LogP contribution in [0.5, 0.6) is 0 Å². The van der Waals surface area contributed by atoms with Crippen LogP contribution in [-0.4, -0.2) is 18.4 Å². The van der Waals surface area contributed by atoms with E-state index in [-0.39, 0.29) is 17.6 Å². The van der Waals surface area contributed by atoms with Gasteiger partial charge in [0.25, 0.3) is 0 Å². The third-order valence-corrected chi connectivity index (χ3v) is 5.07. The van der Waals surface area contributed by atoms with Crippen molar-refractivity contribution in [2.45, 2.75) is 39.0 Å². The average molecular weight is 336 g/mol. The lowest BCUT2D eigenvalue weighted by Crippen LogP contribution is -2.27. The molecule has 0 amide bonds. The molecule has 1 fully saturated rings. The number of carbonyl (C=O) groups is 2. The molecule has 0 bridgehead atoms. The fraction of sp³-hybridized carbons (Fsp3) is 0.364. The van der Waals surface area contributed by atoms with E-state index in [4.69, 9.17) is 4.74 Å². The number of ketones is 1. The van der Waals surface area contributed by atoms with Crippen molar-refractivity contribution in [3.05, 3.63) is 70.8 Å². The Hall–Kier alpha value is -2.42. The predicted molar refractivity (Wildman–Crippen MR) is 97.6 cm³/mol. The monoisotopic (exact) mass is 336 g/mol. The Bertz CT molecular complexity index is 759. The first-order valence-electron chi connectivity index (χ1n) is 8.83. The molecule has 0 aliphatic heterocycles. The topological polar surface area (TPSA) is 43.4 Å². The summed E-state index contributed by atoms with van der Waals surface area (Å²) in [6, 6.07) is 16.4. The normalized spacial score (nSPS) is 22.8. The maximum Gasteiger partial charge on any atom is 0.317 e. The minimum atomic E-state index is -0.714. The van der Waals surface area contributed by atoms with Gasteiger partial charge in [0.2, 0.25) is 0 Å². The Morgan fingerprint density at radius 1 is 0.960 bits per heavy atom. The van der Waals surface area contributed by atoms with Crippen LogP contribution >= 0.6 is 0 Å². The minimum absolute atomic E-state index is 0.00483. The van der Waals surface area contributed by atoms with Crippen LogP contribution < -0.4 is 0 Å². The molecular weight excluding hydrogens is 312 g/mol. The molecule has 2 aromatic carbocycles. The highest BCUT2D eigenvalue weighted by atomic mass is 16.5. The lowest BCUT2D eigenvalue weighted by Gasteiger charge is -2.24. The summed E-state index contributed by atoms with van der Waals surface area (Å²) < 4.78 is 5.22. The molecule has 3 nitrogen and oxygen atoms in total. The first-order valence-corrected chi connectivity index (χ1v) is 8.83. The Labute approximate surface area is 149 Å². The van der Waals surface area contributed by atoms with Gasteiger partial charge in [-0.3, -0.25) is 9.59 Å². The summed E-state index contributed by atoms with van der Waals surface area (Å²) in [5.74, 6) is -1.30. The van der Waals surface area contributed by atoms with Crippen LogP contribution in [0.25, 0.3) is 0 Å². The summed E-state index contributed by atoms with van der Waals surface area (Å²) in [4.78, 5) is 25.2.